The topological polar surface area (TPSA) is 65.5 Å². The van der Waals surface area contributed by atoms with E-state index in [1.54, 1.807) is 6.20 Å². The molecule has 5 heteroatoms. The van der Waals surface area contributed by atoms with Gasteiger partial charge in [0.2, 0.25) is 0 Å². The number of aliphatic hydroxyl groups is 1. The highest BCUT2D eigenvalue weighted by Crippen LogP contribution is 2.32. The standard InChI is InChI=1S/C16H23N3O2/c20-11-8-16(6-1-2-7-16)18-15(21)13-4-5-14(17-12-13)19-9-3-10-19/h4-5,12,20H,1-3,6-11H2,(H,18,21). The number of carbonyl (C=O) groups is 1. The minimum absolute atomic E-state index is 0.0759. The average molecular weight is 289 g/mol. The van der Waals surface area contributed by atoms with E-state index in [4.69, 9.17) is 0 Å². The SMILES string of the molecule is O=C(NC1(CCO)CCCC1)c1ccc(N2CCC2)nc1. The van der Waals surface area contributed by atoms with E-state index in [0.29, 0.717) is 12.0 Å². The highest BCUT2D eigenvalue weighted by molar-refractivity contribution is 5.94. The lowest BCUT2D eigenvalue weighted by Crippen LogP contribution is -2.47. The number of aliphatic hydroxyl groups excluding tert-OH is 1. The highest BCUT2D eigenvalue weighted by Gasteiger charge is 2.34. The summed E-state index contributed by atoms with van der Waals surface area (Å²) < 4.78 is 0. The zero-order chi connectivity index (χ0) is 14.7. The molecule has 1 saturated carbocycles. The quantitative estimate of drug-likeness (QED) is 0.866. The maximum Gasteiger partial charge on any atom is 0.253 e. The van der Waals surface area contributed by atoms with Crippen molar-refractivity contribution in [3.8, 4) is 0 Å². The Morgan fingerprint density at radius 1 is 1.29 bits per heavy atom. The van der Waals surface area contributed by atoms with Crippen LogP contribution in [0.2, 0.25) is 0 Å². The van der Waals surface area contributed by atoms with E-state index in [9.17, 15) is 9.90 Å². The fourth-order valence-corrected chi connectivity index (χ4v) is 3.27. The predicted molar refractivity (Wildman–Crippen MR) is 81.4 cm³/mol. The Balaban J connectivity index is 1.66. The predicted octanol–water partition coefficient (Wildman–Crippen LogP) is 1.72. The third kappa shape index (κ3) is 3.02. The third-order valence-corrected chi connectivity index (χ3v) is 4.72. The summed E-state index contributed by atoms with van der Waals surface area (Å²) in [5, 5.41) is 12.4. The second-order valence-corrected chi connectivity index (χ2v) is 6.16. The molecule has 5 nitrogen and oxygen atoms in total. The van der Waals surface area contributed by atoms with Gasteiger partial charge in [-0.2, -0.15) is 0 Å². The summed E-state index contributed by atoms with van der Waals surface area (Å²) in [6.07, 6.45) is 7.66. The van der Waals surface area contributed by atoms with Crippen LogP contribution < -0.4 is 10.2 Å². The summed E-state index contributed by atoms with van der Waals surface area (Å²) >= 11 is 0. The molecule has 1 aliphatic carbocycles. The van der Waals surface area contributed by atoms with Crippen molar-refractivity contribution in [1.82, 2.24) is 10.3 Å². The smallest absolute Gasteiger partial charge is 0.253 e. The molecule has 1 amide bonds. The summed E-state index contributed by atoms with van der Waals surface area (Å²) in [5.74, 6) is 0.872. The van der Waals surface area contributed by atoms with Gasteiger partial charge in [0.15, 0.2) is 0 Å². The number of aromatic nitrogens is 1. The first-order chi connectivity index (χ1) is 10.2. The minimum atomic E-state index is -0.220. The van der Waals surface area contributed by atoms with Gasteiger partial charge in [-0.25, -0.2) is 4.98 Å². The van der Waals surface area contributed by atoms with Crippen LogP contribution in [0.25, 0.3) is 0 Å². The molecule has 3 rings (SSSR count). The van der Waals surface area contributed by atoms with Gasteiger partial charge in [-0.05, 0) is 37.8 Å². The molecule has 0 aromatic carbocycles. The Morgan fingerprint density at radius 2 is 2.05 bits per heavy atom. The van der Waals surface area contributed by atoms with E-state index in [2.05, 4.69) is 15.2 Å². The lowest BCUT2D eigenvalue weighted by atomic mass is 9.93. The molecule has 1 aromatic heterocycles. The van der Waals surface area contributed by atoms with Gasteiger partial charge in [-0.1, -0.05) is 12.8 Å². The Morgan fingerprint density at radius 3 is 2.57 bits per heavy atom. The summed E-state index contributed by atoms with van der Waals surface area (Å²) in [6, 6.07) is 3.76. The van der Waals surface area contributed by atoms with Crippen LogP contribution in [0.3, 0.4) is 0 Å². The molecule has 1 aliphatic heterocycles. The molecule has 2 N–H and O–H groups in total. The lowest BCUT2D eigenvalue weighted by molar-refractivity contribution is 0.0880. The second-order valence-electron chi connectivity index (χ2n) is 6.16. The fourth-order valence-electron chi connectivity index (χ4n) is 3.27. The largest absolute Gasteiger partial charge is 0.396 e. The normalized spacial score (nSPS) is 20.1. The molecule has 2 heterocycles. The van der Waals surface area contributed by atoms with Crippen molar-refractivity contribution in [2.24, 2.45) is 0 Å². The first kappa shape index (κ1) is 14.3. The van der Waals surface area contributed by atoms with Crippen molar-refractivity contribution in [3.05, 3.63) is 23.9 Å². The fraction of sp³-hybridized carbons (Fsp3) is 0.625. The number of pyridine rings is 1. The third-order valence-electron chi connectivity index (χ3n) is 4.72. The molecule has 0 radical (unpaired) electrons. The van der Waals surface area contributed by atoms with E-state index in [1.807, 2.05) is 12.1 Å². The molecular weight excluding hydrogens is 266 g/mol. The molecule has 114 valence electrons. The number of nitrogens with zero attached hydrogens (tertiary/aromatic N) is 2. The second kappa shape index (κ2) is 6.02. The van der Waals surface area contributed by atoms with Gasteiger partial charge in [-0.3, -0.25) is 4.79 Å². The van der Waals surface area contributed by atoms with Crippen LogP contribution in [0.15, 0.2) is 18.3 Å². The van der Waals surface area contributed by atoms with Crippen molar-refractivity contribution in [3.63, 3.8) is 0 Å². The lowest BCUT2D eigenvalue weighted by Gasteiger charge is -2.32. The van der Waals surface area contributed by atoms with Crippen LogP contribution in [0.4, 0.5) is 5.82 Å². The van der Waals surface area contributed by atoms with Crippen LogP contribution in [-0.2, 0) is 0 Å². The van der Waals surface area contributed by atoms with Crippen LogP contribution in [0, 0.1) is 0 Å². The summed E-state index contributed by atoms with van der Waals surface area (Å²) in [4.78, 5) is 19.0. The highest BCUT2D eigenvalue weighted by atomic mass is 16.3. The molecule has 0 unspecified atom stereocenters. The molecule has 0 spiro atoms. The van der Waals surface area contributed by atoms with Gasteiger partial charge in [0.25, 0.3) is 5.91 Å². The molecular formula is C16H23N3O2. The number of hydrogen-bond donors (Lipinski definition) is 2. The van der Waals surface area contributed by atoms with Crippen molar-refractivity contribution < 1.29 is 9.90 Å². The molecule has 1 aromatic rings. The van der Waals surface area contributed by atoms with Gasteiger partial charge in [0.1, 0.15) is 5.82 Å². The van der Waals surface area contributed by atoms with Crippen LogP contribution in [0.5, 0.6) is 0 Å². The molecule has 0 atom stereocenters. The zero-order valence-electron chi connectivity index (χ0n) is 12.3. The maximum atomic E-state index is 12.4. The van der Waals surface area contributed by atoms with E-state index >= 15 is 0 Å². The molecule has 2 fully saturated rings. The van der Waals surface area contributed by atoms with Gasteiger partial charge in [0.05, 0.1) is 5.56 Å². The van der Waals surface area contributed by atoms with Crippen LogP contribution in [-0.4, -0.2) is 41.2 Å². The number of nitrogens with one attached hydrogen (secondary N) is 1. The number of rotatable bonds is 5. The first-order valence-electron chi connectivity index (χ1n) is 7.87. The average Bonchev–Trinajstić information content (AvgIpc) is 2.86. The number of hydrogen-bond acceptors (Lipinski definition) is 4. The van der Waals surface area contributed by atoms with Crippen molar-refractivity contribution in [2.45, 2.75) is 44.1 Å². The van der Waals surface area contributed by atoms with Crippen LogP contribution >= 0.6 is 0 Å². The first-order valence-corrected chi connectivity index (χ1v) is 7.87. The van der Waals surface area contributed by atoms with Gasteiger partial charge in [0, 0.05) is 31.4 Å². The van der Waals surface area contributed by atoms with Crippen molar-refractivity contribution >= 4 is 11.7 Å². The molecule has 1 saturated heterocycles. The van der Waals surface area contributed by atoms with Crippen molar-refractivity contribution in [1.29, 1.82) is 0 Å². The summed E-state index contributed by atoms with van der Waals surface area (Å²) in [6.45, 7) is 2.22. The number of carbonyl (C=O) groups excluding carboxylic acids is 1. The van der Waals surface area contributed by atoms with Crippen LogP contribution in [0.1, 0.15) is 48.9 Å². The summed E-state index contributed by atoms with van der Waals surface area (Å²) in [5.41, 5.74) is 0.380. The van der Waals surface area contributed by atoms with E-state index in [-0.39, 0.29) is 18.1 Å². The van der Waals surface area contributed by atoms with Crippen molar-refractivity contribution in [2.75, 3.05) is 24.6 Å². The Kier molecular flexibility index (Phi) is 4.10. The molecule has 21 heavy (non-hydrogen) atoms. The number of amides is 1. The molecule has 2 aliphatic rings. The summed E-state index contributed by atoms with van der Waals surface area (Å²) in [7, 11) is 0. The Bertz CT molecular complexity index is 491. The van der Waals surface area contributed by atoms with Gasteiger partial charge in [-0.15, -0.1) is 0 Å². The van der Waals surface area contributed by atoms with E-state index < -0.39 is 0 Å². The Labute approximate surface area is 125 Å². The van der Waals surface area contributed by atoms with Gasteiger partial charge >= 0.3 is 0 Å². The monoisotopic (exact) mass is 289 g/mol. The zero-order valence-corrected chi connectivity index (χ0v) is 12.3. The van der Waals surface area contributed by atoms with E-state index in [1.165, 1.54) is 6.42 Å². The molecule has 0 bridgehead atoms. The van der Waals surface area contributed by atoms with E-state index in [0.717, 1.165) is 44.6 Å². The maximum absolute atomic E-state index is 12.4. The minimum Gasteiger partial charge on any atom is -0.396 e. The van der Waals surface area contributed by atoms with Gasteiger partial charge < -0.3 is 15.3 Å². The number of anilines is 1. The Hall–Kier alpha value is -1.62.